The minimum atomic E-state index is -0.427. The van der Waals surface area contributed by atoms with Crippen LogP contribution in [0.1, 0.15) is 11.6 Å². The Balaban J connectivity index is 2.27. The van der Waals surface area contributed by atoms with Gasteiger partial charge in [0.05, 0.1) is 11.1 Å². The molecule has 0 saturated heterocycles. The van der Waals surface area contributed by atoms with Crippen molar-refractivity contribution in [1.29, 1.82) is 5.26 Å². The molecule has 19 heavy (non-hydrogen) atoms. The summed E-state index contributed by atoms with van der Waals surface area (Å²) in [7, 11) is 0. The Morgan fingerprint density at radius 2 is 1.84 bits per heavy atom. The quantitative estimate of drug-likeness (QED) is 0.734. The Kier molecular flexibility index (Phi) is 4.87. The molecule has 2 nitrogen and oxygen atoms in total. The topological polar surface area (TPSA) is 35.8 Å². The van der Waals surface area contributed by atoms with Crippen LogP contribution in [0.25, 0.3) is 0 Å². The van der Waals surface area contributed by atoms with Crippen LogP contribution in [0, 0.1) is 11.3 Å². The maximum atomic E-state index is 9.32. The van der Waals surface area contributed by atoms with E-state index in [0.717, 1.165) is 20.2 Å². The summed E-state index contributed by atoms with van der Waals surface area (Å²) in [5, 5.41) is 13.1. The molecule has 96 valence electrons. The van der Waals surface area contributed by atoms with E-state index < -0.39 is 6.04 Å². The number of anilines is 1. The highest BCUT2D eigenvalue weighted by Gasteiger charge is 2.13. The molecule has 0 fully saturated rings. The second-order valence-corrected chi connectivity index (χ2v) is 5.97. The highest BCUT2D eigenvalue weighted by molar-refractivity contribution is 9.10. The minimum absolute atomic E-state index is 0.427. The first-order chi connectivity index (χ1) is 9.11. The minimum Gasteiger partial charge on any atom is -0.366 e. The van der Waals surface area contributed by atoms with Gasteiger partial charge in [-0.2, -0.15) is 5.26 Å². The van der Waals surface area contributed by atoms with Crippen LogP contribution in [-0.2, 0) is 0 Å². The van der Waals surface area contributed by atoms with Gasteiger partial charge in [-0.25, -0.2) is 0 Å². The van der Waals surface area contributed by atoms with E-state index in [1.54, 1.807) is 6.07 Å². The van der Waals surface area contributed by atoms with E-state index in [1.165, 1.54) is 0 Å². The van der Waals surface area contributed by atoms with Crippen LogP contribution in [0.5, 0.6) is 0 Å². The first-order valence-electron chi connectivity index (χ1n) is 5.47. The molecule has 2 aromatic rings. The van der Waals surface area contributed by atoms with Gasteiger partial charge in [0.2, 0.25) is 0 Å². The van der Waals surface area contributed by atoms with Gasteiger partial charge in [0.15, 0.2) is 0 Å². The Morgan fingerprint density at radius 3 is 2.47 bits per heavy atom. The average Bonchev–Trinajstić information content (AvgIpc) is 2.41. The van der Waals surface area contributed by atoms with Crippen molar-refractivity contribution in [2.24, 2.45) is 0 Å². The molecule has 5 heteroatoms. The predicted molar refractivity (Wildman–Crippen MR) is 85.3 cm³/mol. The smallest absolute Gasteiger partial charge is 0.141 e. The molecule has 2 rings (SSSR count). The summed E-state index contributed by atoms with van der Waals surface area (Å²) in [5.41, 5.74) is 1.73. The van der Waals surface area contributed by atoms with Gasteiger partial charge in [0, 0.05) is 20.2 Å². The van der Waals surface area contributed by atoms with Crippen LogP contribution in [0.4, 0.5) is 5.69 Å². The average molecular weight is 401 g/mol. The largest absolute Gasteiger partial charge is 0.366 e. The molecule has 0 aromatic heterocycles. The van der Waals surface area contributed by atoms with E-state index in [4.69, 9.17) is 11.6 Å². The second kappa shape index (κ2) is 6.42. The maximum Gasteiger partial charge on any atom is 0.141 e. The van der Waals surface area contributed by atoms with E-state index >= 15 is 0 Å². The number of nitriles is 1. The highest BCUT2D eigenvalue weighted by Crippen LogP contribution is 2.29. The zero-order valence-electron chi connectivity index (χ0n) is 9.70. The van der Waals surface area contributed by atoms with Gasteiger partial charge in [-0.3, -0.25) is 0 Å². The second-order valence-electron chi connectivity index (χ2n) is 3.86. The summed E-state index contributed by atoms with van der Waals surface area (Å²) in [6.45, 7) is 0. The zero-order valence-corrected chi connectivity index (χ0v) is 13.6. The van der Waals surface area contributed by atoms with Crippen molar-refractivity contribution in [1.82, 2.24) is 0 Å². The number of rotatable bonds is 3. The van der Waals surface area contributed by atoms with Crippen LogP contribution < -0.4 is 5.32 Å². The van der Waals surface area contributed by atoms with E-state index in [9.17, 15) is 5.26 Å². The number of hydrogen-bond acceptors (Lipinski definition) is 2. The molecule has 0 bridgehead atoms. The molecule has 2 aromatic carbocycles. The molecule has 1 unspecified atom stereocenters. The van der Waals surface area contributed by atoms with E-state index in [2.05, 4.69) is 43.2 Å². The number of nitrogens with one attached hydrogen (secondary N) is 1. The Hall–Kier alpha value is -1.02. The van der Waals surface area contributed by atoms with E-state index in [-0.39, 0.29) is 0 Å². The molecule has 0 aliphatic carbocycles. The number of hydrogen-bond donors (Lipinski definition) is 1. The van der Waals surface area contributed by atoms with Crippen LogP contribution in [0.2, 0.25) is 5.02 Å². The number of benzene rings is 2. The van der Waals surface area contributed by atoms with Gasteiger partial charge in [0.25, 0.3) is 0 Å². The van der Waals surface area contributed by atoms with Crippen molar-refractivity contribution in [3.63, 3.8) is 0 Å². The lowest BCUT2D eigenvalue weighted by Crippen LogP contribution is -2.09. The van der Waals surface area contributed by atoms with Gasteiger partial charge < -0.3 is 5.32 Å². The van der Waals surface area contributed by atoms with Crippen molar-refractivity contribution < 1.29 is 0 Å². The molecule has 0 radical (unpaired) electrons. The van der Waals surface area contributed by atoms with Crippen LogP contribution in [0.3, 0.4) is 0 Å². The third-order valence-corrected chi connectivity index (χ3v) is 4.51. The lowest BCUT2D eigenvalue weighted by atomic mass is 10.1. The molecule has 0 saturated carbocycles. The SMILES string of the molecule is N#CC(Nc1ccc(Cl)c(Br)c1)c1ccccc1Br. The Labute approximate surface area is 133 Å². The molecule has 0 heterocycles. The normalized spacial score (nSPS) is 11.7. The van der Waals surface area contributed by atoms with Crippen LogP contribution in [-0.4, -0.2) is 0 Å². The number of halogens is 3. The molecule has 0 amide bonds. The summed E-state index contributed by atoms with van der Waals surface area (Å²) < 4.78 is 1.70. The summed E-state index contributed by atoms with van der Waals surface area (Å²) in [4.78, 5) is 0. The molecule has 1 atom stereocenters. The molecule has 0 spiro atoms. The molecule has 0 aliphatic rings. The summed E-state index contributed by atoms with van der Waals surface area (Å²) in [5.74, 6) is 0. The Bertz CT molecular complexity index is 638. The lowest BCUT2D eigenvalue weighted by molar-refractivity contribution is 0.989. The maximum absolute atomic E-state index is 9.32. The predicted octanol–water partition coefficient (Wildman–Crippen LogP) is 5.54. The van der Waals surface area contributed by atoms with Gasteiger partial charge in [-0.05, 0) is 40.2 Å². The fourth-order valence-electron chi connectivity index (χ4n) is 1.64. The Morgan fingerprint density at radius 1 is 1.11 bits per heavy atom. The van der Waals surface area contributed by atoms with Crippen LogP contribution in [0.15, 0.2) is 51.4 Å². The molecular formula is C14H9Br2ClN2. The highest BCUT2D eigenvalue weighted by atomic mass is 79.9. The van der Waals surface area contributed by atoms with E-state index in [1.807, 2.05) is 36.4 Å². The third kappa shape index (κ3) is 3.50. The first kappa shape index (κ1) is 14.4. The van der Waals surface area contributed by atoms with Crippen molar-refractivity contribution in [3.05, 3.63) is 62.0 Å². The van der Waals surface area contributed by atoms with E-state index in [0.29, 0.717) is 5.02 Å². The zero-order chi connectivity index (χ0) is 13.8. The lowest BCUT2D eigenvalue weighted by Gasteiger charge is -2.15. The van der Waals surface area contributed by atoms with Crippen LogP contribution >= 0.6 is 43.5 Å². The van der Waals surface area contributed by atoms with Crippen molar-refractivity contribution in [3.8, 4) is 6.07 Å². The fraction of sp³-hybridized carbons (Fsp3) is 0.0714. The van der Waals surface area contributed by atoms with Crippen molar-refractivity contribution in [2.75, 3.05) is 5.32 Å². The summed E-state index contributed by atoms with van der Waals surface area (Å²) >= 11 is 12.8. The number of nitrogens with zero attached hydrogens (tertiary/aromatic N) is 1. The fourth-order valence-corrected chi connectivity index (χ4v) is 2.65. The van der Waals surface area contributed by atoms with Gasteiger partial charge in [0.1, 0.15) is 6.04 Å². The van der Waals surface area contributed by atoms with Gasteiger partial charge in [-0.15, -0.1) is 0 Å². The van der Waals surface area contributed by atoms with Crippen molar-refractivity contribution >= 4 is 49.1 Å². The van der Waals surface area contributed by atoms with Gasteiger partial charge >= 0.3 is 0 Å². The first-order valence-corrected chi connectivity index (χ1v) is 7.44. The monoisotopic (exact) mass is 398 g/mol. The summed E-state index contributed by atoms with van der Waals surface area (Å²) in [6, 6.07) is 15.0. The standard InChI is InChI=1S/C14H9Br2ClN2/c15-11-4-2-1-3-10(11)14(8-18)19-9-5-6-13(17)12(16)7-9/h1-7,14,19H. The third-order valence-electron chi connectivity index (χ3n) is 2.58. The summed E-state index contributed by atoms with van der Waals surface area (Å²) in [6.07, 6.45) is 0. The molecular weight excluding hydrogens is 391 g/mol. The molecule has 1 N–H and O–H groups in total. The van der Waals surface area contributed by atoms with Gasteiger partial charge in [-0.1, -0.05) is 45.7 Å². The molecule has 0 aliphatic heterocycles. The van der Waals surface area contributed by atoms with Crippen molar-refractivity contribution in [2.45, 2.75) is 6.04 Å².